The van der Waals surface area contributed by atoms with Gasteiger partial charge in [0, 0.05) is 0 Å². The molecule has 0 saturated carbocycles. The number of ether oxygens (including phenoxy) is 1. The summed E-state index contributed by atoms with van der Waals surface area (Å²) in [5, 5.41) is 8.81. The minimum Gasteiger partial charge on any atom is -0.494 e. The summed E-state index contributed by atoms with van der Waals surface area (Å²) < 4.78 is 5.62. The number of carboxylic acid groups (broad SMARTS) is 1. The molecule has 0 radical (unpaired) electrons. The van der Waals surface area contributed by atoms with E-state index >= 15 is 0 Å². The van der Waals surface area contributed by atoms with Crippen LogP contribution in [0.25, 0.3) is 0 Å². The molecular weight excluding hydrogens is 264 g/mol. The van der Waals surface area contributed by atoms with Crippen molar-refractivity contribution in [1.82, 2.24) is 0 Å². The van der Waals surface area contributed by atoms with Gasteiger partial charge in [0.15, 0.2) is 0 Å². The van der Waals surface area contributed by atoms with Crippen LogP contribution in [0.4, 0.5) is 0 Å². The summed E-state index contributed by atoms with van der Waals surface area (Å²) in [4.78, 5) is 10.7. The number of carbonyl (C=O) groups is 1. The summed E-state index contributed by atoms with van der Waals surface area (Å²) in [5.41, 5.74) is 0.295. The predicted molar refractivity (Wildman–Crippen MR) is 86.1 cm³/mol. The molecule has 0 bridgehead atoms. The highest BCUT2D eigenvalue weighted by molar-refractivity contribution is 5.87. The molecule has 0 aliphatic carbocycles. The summed E-state index contributed by atoms with van der Waals surface area (Å²) in [6.07, 6.45) is 8.82. The molecule has 0 heterocycles. The molecule has 1 aromatic carbocycles. The first kappa shape index (κ1) is 17.5. The Morgan fingerprint density at radius 3 is 2.38 bits per heavy atom. The van der Waals surface area contributed by atoms with Gasteiger partial charge in [0.25, 0.3) is 0 Å². The molecule has 0 spiro atoms. The average Bonchev–Trinajstić information content (AvgIpc) is 2.49. The topological polar surface area (TPSA) is 46.5 Å². The first-order chi connectivity index (χ1) is 10.1. The van der Waals surface area contributed by atoms with E-state index in [0.29, 0.717) is 12.2 Å². The first-order valence-electron chi connectivity index (χ1n) is 8.09. The fraction of sp³-hybridized carbons (Fsp3) is 0.611. The summed E-state index contributed by atoms with van der Waals surface area (Å²) >= 11 is 0. The van der Waals surface area contributed by atoms with Gasteiger partial charge in [-0.1, -0.05) is 52.4 Å². The zero-order valence-electron chi connectivity index (χ0n) is 13.3. The van der Waals surface area contributed by atoms with Crippen molar-refractivity contribution in [2.24, 2.45) is 5.92 Å². The van der Waals surface area contributed by atoms with Crippen molar-refractivity contribution in [2.45, 2.75) is 58.8 Å². The van der Waals surface area contributed by atoms with Crippen LogP contribution in [0.3, 0.4) is 0 Å². The normalized spacial score (nSPS) is 12.1. The molecule has 21 heavy (non-hydrogen) atoms. The lowest BCUT2D eigenvalue weighted by molar-refractivity contribution is 0.0697. The second-order valence-corrected chi connectivity index (χ2v) is 5.77. The number of rotatable bonds is 11. The average molecular weight is 292 g/mol. The maximum absolute atomic E-state index is 10.7. The van der Waals surface area contributed by atoms with Crippen LogP contribution in [0.2, 0.25) is 0 Å². The molecule has 1 atom stereocenters. The van der Waals surface area contributed by atoms with Crippen molar-refractivity contribution in [3.8, 4) is 5.75 Å². The number of hydrogen-bond acceptors (Lipinski definition) is 2. The smallest absolute Gasteiger partial charge is 0.335 e. The third-order valence-electron chi connectivity index (χ3n) is 3.76. The van der Waals surface area contributed by atoms with Crippen molar-refractivity contribution in [1.29, 1.82) is 0 Å². The maximum atomic E-state index is 10.7. The van der Waals surface area contributed by atoms with Crippen LogP contribution in [-0.2, 0) is 0 Å². The number of aromatic carboxylic acids is 1. The van der Waals surface area contributed by atoms with Crippen LogP contribution in [0.15, 0.2) is 24.3 Å². The third-order valence-corrected chi connectivity index (χ3v) is 3.76. The van der Waals surface area contributed by atoms with Gasteiger partial charge in [-0.3, -0.25) is 0 Å². The van der Waals surface area contributed by atoms with Gasteiger partial charge in [-0.25, -0.2) is 4.79 Å². The van der Waals surface area contributed by atoms with E-state index in [0.717, 1.165) is 18.1 Å². The number of carboxylic acids is 1. The van der Waals surface area contributed by atoms with Crippen molar-refractivity contribution in [3.05, 3.63) is 29.8 Å². The van der Waals surface area contributed by atoms with Crippen LogP contribution >= 0.6 is 0 Å². The first-order valence-corrected chi connectivity index (χ1v) is 8.09. The quantitative estimate of drug-likeness (QED) is 0.574. The number of hydrogen-bond donors (Lipinski definition) is 1. The molecule has 118 valence electrons. The second-order valence-electron chi connectivity index (χ2n) is 5.77. The molecule has 0 fully saturated rings. The van der Waals surface area contributed by atoms with E-state index in [-0.39, 0.29) is 0 Å². The van der Waals surface area contributed by atoms with Gasteiger partial charge in [-0.15, -0.1) is 0 Å². The van der Waals surface area contributed by atoms with Crippen molar-refractivity contribution >= 4 is 5.97 Å². The monoisotopic (exact) mass is 292 g/mol. The van der Waals surface area contributed by atoms with E-state index in [1.165, 1.54) is 38.5 Å². The molecule has 3 heteroatoms. The molecule has 1 rings (SSSR count). The predicted octanol–water partition coefficient (Wildman–Crippen LogP) is 5.15. The standard InChI is InChI=1S/C18H28O3/c1-3-4-8-15(2)9-6-5-7-14-21-17-12-10-16(11-13-17)18(19)20/h10-13,15H,3-9,14H2,1-2H3,(H,19,20). The Kier molecular flexibility index (Phi) is 8.56. The Morgan fingerprint density at radius 2 is 1.76 bits per heavy atom. The van der Waals surface area contributed by atoms with E-state index < -0.39 is 5.97 Å². The van der Waals surface area contributed by atoms with Gasteiger partial charge in [0.2, 0.25) is 0 Å². The Labute approximate surface area is 128 Å². The van der Waals surface area contributed by atoms with Crippen LogP contribution < -0.4 is 4.74 Å². The van der Waals surface area contributed by atoms with Crippen molar-refractivity contribution < 1.29 is 14.6 Å². The highest BCUT2D eigenvalue weighted by Gasteiger charge is 2.03. The molecule has 1 unspecified atom stereocenters. The van der Waals surface area contributed by atoms with Gasteiger partial charge in [-0.05, 0) is 36.6 Å². The molecule has 1 N–H and O–H groups in total. The van der Waals surface area contributed by atoms with E-state index in [1.54, 1.807) is 24.3 Å². The molecule has 0 saturated heterocycles. The molecular formula is C18H28O3. The largest absolute Gasteiger partial charge is 0.494 e. The lowest BCUT2D eigenvalue weighted by Gasteiger charge is -2.10. The molecule has 3 nitrogen and oxygen atoms in total. The Balaban J connectivity index is 2.07. The van der Waals surface area contributed by atoms with Gasteiger partial charge in [0.1, 0.15) is 5.75 Å². The minimum absolute atomic E-state index is 0.295. The zero-order chi connectivity index (χ0) is 15.5. The summed E-state index contributed by atoms with van der Waals surface area (Å²) in [6.45, 7) is 5.29. The van der Waals surface area contributed by atoms with Crippen molar-refractivity contribution in [2.75, 3.05) is 6.61 Å². The zero-order valence-corrected chi connectivity index (χ0v) is 13.3. The van der Waals surface area contributed by atoms with Crippen LogP contribution in [0, 0.1) is 5.92 Å². The molecule has 0 amide bonds. The van der Waals surface area contributed by atoms with Gasteiger partial charge in [0.05, 0.1) is 12.2 Å². The SMILES string of the molecule is CCCCC(C)CCCCCOc1ccc(C(=O)O)cc1. The van der Waals surface area contributed by atoms with Gasteiger partial charge in [-0.2, -0.15) is 0 Å². The van der Waals surface area contributed by atoms with Crippen molar-refractivity contribution in [3.63, 3.8) is 0 Å². The van der Waals surface area contributed by atoms with Crippen LogP contribution in [0.1, 0.15) is 69.2 Å². The van der Waals surface area contributed by atoms with E-state index in [9.17, 15) is 4.79 Å². The van der Waals surface area contributed by atoms with Crippen LogP contribution in [0.5, 0.6) is 5.75 Å². The summed E-state index contributed by atoms with van der Waals surface area (Å²) in [6, 6.07) is 6.59. The molecule has 0 aliphatic heterocycles. The highest BCUT2D eigenvalue weighted by atomic mass is 16.5. The summed E-state index contributed by atoms with van der Waals surface area (Å²) in [7, 11) is 0. The van der Waals surface area contributed by atoms with Gasteiger partial charge >= 0.3 is 5.97 Å². The van der Waals surface area contributed by atoms with E-state index in [1.807, 2.05) is 0 Å². The number of benzene rings is 1. The van der Waals surface area contributed by atoms with E-state index in [2.05, 4.69) is 13.8 Å². The minimum atomic E-state index is -0.904. The molecule has 0 aromatic heterocycles. The highest BCUT2D eigenvalue weighted by Crippen LogP contribution is 2.16. The lowest BCUT2D eigenvalue weighted by Crippen LogP contribution is -2.00. The Bertz CT molecular complexity index is 397. The Morgan fingerprint density at radius 1 is 1.10 bits per heavy atom. The van der Waals surface area contributed by atoms with Crippen LogP contribution in [-0.4, -0.2) is 17.7 Å². The second kappa shape index (κ2) is 10.3. The molecule has 1 aromatic rings. The van der Waals surface area contributed by atoms with E-state index in [4.69, 9.17) is 9.84 Å². The fourth-order valence-electron chi connectivity index (χ4n) is 2.35. The lowest BCUT2D eigenvalue weighted by atomic mass is 9.98. The van der Waals surface area contributed by atoms with Gasteiger partial charge < -0.3 is 9.84 Å². The Hall–Kier alpha value is -1.51. The third kappa shape index (κ3) is 7.74. The summed E-state index contributed by atoms with van der Waals surface area (Å²) in [5.74, 6) is 0.685. The maximum Gasteiger partial charge on any atom is 0.335 e. The number of unbranched alkanes of at least 4 members (excludes halogenated alkanes) is 3. The molecule has 0 aliphatic rings. The fourth-order valence-corrected chi connectivity index (χ4v) is 2.35.